The maximum Gasteiger partial charge on any atom is 0.279 e. The predicted octanol–water partition coefficient (Wildman–Crippen LogP) is 3.43. The summed E-state index contributed by atoms with van der Waals surface area (Å²) in [4.78, 5) is 13.4. The van der Waals surface area contributed by atoms with Crippen molar-refractivity contribution in [2.75, 3.05) is 18.9 Å². The van der Waals surface area contributed by atoms with Crippen LogP contribution in [0.3, 0.4) is 0 Å². The van der Waals surface area contributed by atoms with Crippen molar-refractivity contribution in [2.45, 2.75) is 38.1 Å². The Morgan fingerprint density at radius 3 is 2.43 bits per heavy atom. The van der Waals surface area contributed by atoms with Gasteiger partial charge in [-0.15, -0.1) is 0 Å². The molecule has 21 heavy (non-hydrogen) atoms. The predicted molar refractivity (Wildman–Crippen MR) is 88.7 cm³/mol. The maximum atomic E-state index is 12.1. The zero-order valence-corrected chi connectivity index (χ0v) is 14.3. The van der Waals surface area contributed by atoms with Gasteiger partial charge in [0.25, 0.3) is 5.91 Å². The first-order chi connectivity index (χ1) is 9.97. The highest BCUT2D eigenvalue weighted by molar-refractivity contribution is 6.44. The zero-order chi connectivity index (χ0) is 15.4. The molecule has 0 bridgehead atoms. The van der Waals surface area contributed by atoms with E-state index in [1.807, 2.05) is 0 Å². The molecule has 0 spiro atoms. The van der Waals surface area contributed by atoms with E-state index >= 15 is 0 Å². The van der Waals surface area contributed by atoms with Crippen LogP contribution in [0.4, 0.5) is 5.69 Å². The third-order valence-electron chi connectivity index (χ3n) is 4.03. The molecular weight excluding hydrogens is 331 g/mol. The number of quaternary nitrogens is 1. The van der Waals surface area contributed by atoms with Crippen molar-refractivity contribution in [3.8, 4) is 0 Å². The van der Waals surface area contributed by atoms with Crippen LogP contribution >= 0.6 is 34.8 Å². The highest BCUT2D eigenvalue weighted by Crippen LogP contribution is 2.32. The Balaban J connectivity index is 1.93. The first-order valence-corrected chi connectivity index (χ1v) is 8.37. The van der Waals surface area contributed by atoms with E-state index in [4.69, 9.17) is 34.8 Å². The lowest BCUT2D eigenvalue weighted by atomic mass is 9.94. The van der Waals surface area contributed by atoms with Gasteiger partial charge in [-0.3, -0.25) is 4.79 Å². The number of carbonyl (C=O) groups is 1. The molecule has 0 aromatic heterocycles. The van der Waals surface area contributed by atoms with Gasteiger partial charge in [-0.2, -0.15) is 0 Å². The van der Waals surface area contributed by atoms with Crippen LogP contribution in [0.1, 0.15) is 32.1 Å². The number of likely N-dealkylation sites (N-methyl/N-ethyl adjacent to an activating group) is 1. The summed E-state index contributed by atoms with van der Waals surface area (Å²) >= 11 is 17.9. The molecule has 0 saturated heterocycles. The van der Waals surface area contributed by atoms with E-state index in [0.29, 0.717) is 33.3 Å². The fourth-order valence-corrected chi connectivity index (χ4v) is 3.40. The molecule has 1 atom stereocenters. The highest BCUT2D eigenvalue weighted by Gasteiger charge is 2.23. The average molecular weight is 351 g/mol. The Morgan fingerprint density at radius 2 is 1.76 bits per heavy atom. The third kappa shape index (κ3) is 4.75. The average Bonchev–Trinajstić information content (AvgIpc) is 2.45. The minimum Gasteiger partial charge on any atom is -0.327 e. The van der Waals surface area contributed by atoms with Gasteiger partial charge in [-0.25, -0.2) is 0 Å². The molecular formula is C15H20Cl3N2O+. The maximum absolute atomic E-state index is 12.1. The highest BCUT2D eigenvalue weighted by atomic mass is 35.5. The second-order valence-corrected chi connectivity index (χ2v) is 6.87. The summed E-state index contributed by atoms with van der Waals surface area (Å²) in [6.07, 6.45) is 6.25. The fraction of sp³-hybridized carbons (Fsp3) is 0.533. The molecule has 3 nitrogen and oxygen atoms in total. The number of hydrogen-bond donors (Lipinski definition) is 2. The van der Waals surface area contributed by atoms with Crippen LogP contribution < -0.4 is 10.2 Å². The number of carbonyl (C=O) groups excluding carboxylic acids is 1. The Hall–Kier alpha value is -0.480. The summed E-state index contributed by atoms with van der Waals surface area (Å²) in [6, 6.07) is 3.70. The van der Waals surface area contributed by atoms with Gasteiger partial charge in [0.15, 0.2) is 6.54 Å². The van der Waals surface area contributed by atoms with Crippen molar-refractivity contribution in [3.63, 3.8) is 0 Å². The first-order valence-electron chi connectivity index (χ1n) is 7.24. The van der Waals surface area contributed by atoms with Crippen molar-refractivity contribution >= 4 is 46.4 Å². The summed E-state index contributed by atoms with van der Waals surface area (Å²) in [5.41, 5.74) is 0.507. The van der Waals surface area contributed by atoms with Crippen molar-refractivity contribution in [1.29, 1.82) is 0 Å². The summed E-state index contributed by atoms with van der Waals surface area (Å²) in [7, 11) is 2.08. The van der Waals surface area contributed by atoms with Crippen LogP contribution in [-0.4, -0.2) is 25.5 Å². The standard InChI is InChI=1S/C15H19Cl3N2O/c1-20(10-5-3-2-4-6-10)9-15(21)19-14-8-12(17)11(16)7-13(14)18/h7-8,10H,2-6,9H2,1H3,(H,19,21)/p+1. The third-order valence-corrected chi connectivity index (χ3v) is 5.06. The molecule has 2 N–H and O–H groups in total. The largest absolute Gasteiger partial charge is 0.327 e. The van der Waals surface area contributed by atoms with Gasteiger partial charge in [0.2, 0.25) is 0 Å². The Bertz CT molecular complexity index is 516. The quantitative estimate of drug-likeness (QED) is 0.801. The molecule has 1 fully saturated rings. The number of hydrogen-bond acceptors (Lipinski definition) is 1. The smallest absolute Gasteiger partial charge is 0.279 e. The molecule has 2 rings (SSSR count). The molecule has 6 heteroatoms. The Morgan fingerprint density at radius 1 is 1.14 bits per heavy atom. The van der Waals surface area contributed by atoms with Gasteiger partial charge in [-0.1, -0.05) is 41.2 Å². The molecule has 0 heterocycles. The number of rotatable bonds is 4. The summed E-state index contributed by atoms with van der Waals surface area (Å²) < 4.78 is 0. The number of benzene rings is 1. The van der Waals surface area contributed by atoms with Crippen molar-refractivity contribution < 1.29 is 9.69 Å². The van der Waals surface area contributed by atoms with Crippen LogP contribution in [0.5, 0.6) is 0 Å². The topological polar surface area (TPSA) is 33.5 Å². The molecule has 1 saturated carbocycles. The molecule has 1 amide bonds. The molecule has 1 aromatic carbocycles. The van der Waals surface area contributed by atoms with Crippen molar-refractivity contribution in [3.05, 3.63) is 27.2 Å². The van der Waals surface area contributed by atoms with Gasteiger partial charge < -0.3 is 10.2 Å². The minimum atomic E-state index is -0.0571. The van der Waals surface area contributed by atoms with Crippen molar-refractivity contribution in [2.24, 2.45) is 0 Å². The van der Waals surface area contributed by atoms with E-state index in [0.717, 1.165) is 0 Å². The SMILES string of the molecule is C[NH+](CC(=O)Nc1cc(Cl)c(Cl)cc1Cl)C1CCCCC1. The van der Waals surface area contributed by atoms with Crippen molar-refractivity contribution in [1.82, 2.24) is 0 Å². The first kappa shape index (κ1) is 16.9. The number of nitrogens with one attached hydrogen (secondary N) is 2. The molecule has 1 unspecified atom stereocenters. The lowest BCUT2D eigenvalue weighted by Crippen LogP contribution is -3.14. The van der Waals surface area contributed by atoms with E-state index in [-0.39, 0.29) is 5.91 Å². The van der Waals surface area contributed by atoms with Gasteiger partial charge in [0, 0.05) is 0 Å². The van der Waals surface area contributed by atoms with Crippen LogP contribution in [-0.2, 0) is 4.79 Å². The van der Waals surface area contributed by atoms with Gasteiger partial charge in [0.1, 0.15) is 0 Å². The molecule has 0 aliphatic heterocycles. The Kier molecular flexibility index (Phi) is 6.18. The van der Waals surface area contributed by atoms with Gasteiger partial charge >= 0.3 is 0 Å². The zero-order valence-electron chi connectivity index (χ0n) is 12.0. The van der Waals surface area contributed by atoms with Crippen LogP contribution in [0.25, 0.3) is 0 Å². The summed E-state index contributed by atoms with van der Waals surface area (Å²) in [5, 5.41) is 3.97. The molecule has 116 valence electrons. The van der Waals surface area contributed by atoms with Gasteiger partial charge in [-0.05, 0) is 37.8 Å². The molecule has 1 aliphatic rings. The van der Waals surface area contributed by atoms with E-state index in [1.54, 1.807) is 12.1 Å². The van der Waals surface area contributed by atoms with Crippen LogP contribution in [0.15, 0.2) is 12.1 Å². The van der Waals surface area contributed by atoms with E-state index in [1.165, 1.54) is 37.0 Å². The lowest BCUT2D eigenvalue weighted by molar-refractivity contribution is -0.899. The lowest BCUT2D eigenvalue weighted by Gasteiger charge is -2.27. The monoisotopic (exact) mass is 349 g/mol. The normalized spacial score (nSPS) is 17.5. The second-order valence-electron chi connectivity index (χ2n) is 5.65. The second kappa shape index (κ2) is 7.68. The summed E-state index contributed by atoms with van der Waals surface area (Å²) in [6.45, 7) is 0.432. The molecule has 1 aliphatic carbocycles. The van der Waals surface area contributed by atoms with E-state index < -0.39 is 0 Å². The van der Waals surface area contributed by atoms with E-state index in [2.05, 4.69) is 12.4 Å². The molecule has 1 aromatic rings. The van der Waals surface area contributed by atoms with E-state index in [9.17, 15) is 4.79 Å². The fourth-order valence-electron chi connectivity index (χ4n) is 2.81. The number of halogens is 3. The minimum absolute atomic E-state index is 0.0571. The number of amides is 1. The molecule has 0 radical (unpaired) electrons. The van der Waals surface area contributed by atoms with Crippen LogP contribution in [0, 0.1) is 0 Å². The Labute approximate surface area is 140 Å². The van der Waals surface area contributed by atoms with Crippen LogP contribution in [0.2, 0.25) is 15.1 Å². The number of anilines is 1. The summed E-state index contributed by atoms with van der Waals surface area (Å²) in [5.74, 6) is -0.0571. The van der Waals surface area contributed by atoms with Gasteiger partial charge in [0.05, 0.1) is 33.8 Å².